The number of rotatable bonds is 7. The van der Waals surface area contributed by atoms with Crippen molar-refractivity contribution in [3.8, 4) is 16.3 Å². The fourth-order valence-corrected chi connectivity index (χ4v) is 6.66. The fourth-order valence-electron chi connectivity index (χ4n) is 5.79. The van der Waals surface area contributed by atoms with E-state index in [0.29, 0.717) is 36.0 Å². The van der Waals surface area contributed by atoms with Gasteiger partial charge in [-0.2, -0.15) is 0 Å². The molecular weight excluding hydrogens is 528 g/mol. The normalized spacial score (nSPS) is 21.0. The highest BCUT2D eigenvalue weighted by molar-refractivity contribution is 7.14. The number of pyridine rings is 1. The molecule has 12 heteroatoms. The number of methoxy groups -OCH3 is 1. The highest BCUT2D eigenvalue weighted by Crippen LogP contribution is 2.41. The van der Waals surface area contributed by atoms with Crippen LogP contribution in [0.4, 0.5) is 8.78 Å². The number of nitrogens with zero attached hydrogens (tertiary/aromatic N) is 5. The van der Waals surface area contributed by atoms with Crippen molar-refractivity contribution in [3.63, 3.8) is 0 Å². The van der Waals surface area contributed by atoms with Crippen LogP contribution in [0.25, 0.3) is 10.6 Å². The smallest absolute Gasteiger partial charge is 0.278 e. The van der Waals surface area contributed by atoms with Gasteiger partial charge in [-0.15, -0.1) is 10.2 Å². The van der Waals surface area contributed by atoms with Gasteiger partial charge in [-0.05, 0) is 51.2 Å². The van der Waals surface area contributed by atoms with Crippen LogP contribution in [-0.2, 0) is 11.2 Å². The topological polar surface area (TPSA) is 89.8 Å². The van der Waals surface area contributed by atoms with E-state index in [9.17, 15) is 18.4 Å². The molecule has 0 radical (unpaired) electrons. The van der Waals surface area contributed by atoms with Gasteiger partial charge >= 0.3 is 0 Å². The van der Waals surface area contributed by atoms with Gasteiger partial charge in [0.1, 0.15) is 22.3 Å². The van der Waals surface area contributed by atoms with Crippen molar-refractivity contribution in [3.05, 3.63) is 62.5 Å². The van der Waals surface area contributed by atoms with Crippen LogP contribution in [0.5, 0.6) is 5.75 Å². The molecule has 3 aromatic rings. The number of fused-ring (bicyclic) bond motifs is 1. The third-order valence-corrected chi connectivity index (χ3v) is 8.69. The minimum Gasteiger partial charge on any atom is -0.491 e. The SMILES string of the molecule is CCO[C@H]1CC[C@]2(CC1)N(CC)C(=O)c1c(OC)c(=O)c(-c3nnc(Cc4ccc(F)cc4F)s3)cn1N2C. The molecule has 5 rings (SSSR count). The maximum atomic E-state index is 14.2. The Bertz CT molecular complexity index is 1450. The van der Waals surface area contributed by atoms with Crippen LogP contribution in [0.2, 0.25) is 0 Å². The first kappa shape index (κ1) is 27.2. The van der Waals surface area contributed by atoms with Crippen molar-refractivity contribution in [2.24, 2.45) is 0 Å². The summed E-state index contributed by atoms with van der Waals surface area (Å²) >= 11 is 1.14. The standard InChI is InChI=1S/C27H31F2N5O4S/c1-5-33-26(36)22-24(37-4)23(35)19(15-34(22)32(3)27(33)11-9-18(10-12-27)38-6-2)25-31-30-21(39-25)13-16-7-8-17(28)14-20(16)29/h7-8,14-15,18H,5-6,9-13H2,1-4H3/t18-,27+. The van der Waals surface area contributed by atoms with Crippen molar-refractivity contribution in [1.29, 1.82) is 0 Å². The van der Waals surface area contributed by atoms with Gasteiger partial charge in [0, 0.05) is 38.9 Å². The van der Waals surface area contributed by atoms with Gasteiger partial charge < -0.3 is 14.4 Å². The van der Waals surface area contributed by atoms with E-state index < -0.39 is 22.7 Å². The molecule has 39 heavy (non-hydrogen) atoms. The van der Waals surface area contributed by atoms with Gasteiger partial charge in [-0.3, -0.25) is 19.3 Å². The number of benzene rings is 1. The molecule has 1 aliphatic heterocycles. The van der Waals surface area contributed by atoms with E-state index in [1.165, 1.54) is 19.2 Å². The minimum absolute atomic E-state index is 0.0676. The molecule has 2 aromatic heterocycles. The second-order valence-electron chi connectivity index (χ2n) is 9.72. The molecule has 1 spiro atoms. The van der Waals surface area contributed by atoms with Crippen LogP contribution in [-0.4, -0.2) is 64.8 Å². The van der Waals surface area contributed by atoms with Crippen LogP contribution in [0.3, 0.4) is 0 Å². The number of carbonyl (C=O) groups excluding carboxylic acids is 1. The Labute approximate surface area is 228 Å². The average Bonchev–Trinajstić information content (AvgIpc) is 3.38. The van der Waals surface area contributed by atoms with Crippen molar-refractivity contribution in [2.75, 3.05) is 32.3 Å². The lowest BCUT2D eigenvalue weighted by Crippen LogP contribution is -2.70. The van der Waals surface area contributed by atoms with E-state index in [0.717, 1.165) is 30.2 Å². The van der Waals surface area contributed by atoms with Crippen LogP contribution < -0.4 is 15.2 Å². The first-order valence-electron chi connectivity index (χ1n) is 13.0. The summed E-state index contributed by atoms with van der Waals surface area (Å²) in [5.41, 5.74) is -0.412. The molecule has 9 nitrogen and oxygen atoms in total. The van der Waals surface area contributed by atoms with Gasteiger partial charge in [0.2, 0.25) is 5.43 Å². The lowest BCUT2D eigenvalue weighted by atomic mass is 9.84. The zero-order valence-electron chi connectivity index (χ0n) is 22.4. The summed E-state index contributed by atoms with van der Waals surface area (Å²) in [7, 11) is 3.28. The lowest BCUT2D eigenvalue weighted by molar-refractivity contribution is -0.0310. The average molecular weight is 560 g/mol. The molecule has 0 atom stereocenters. The van der Waals surface area contributed by atoms with Gasteiger partial charge in [-0.1, -0.05) is 17.4 Å². The molecule has 1 amide bonds. The van der Waals surface area contributed by atoms with E-state index in [2.05, 4.69) is 10.2 Å². The second kappa shape index (κ2) is 10.6. The minimum atomic E-state index is -0.674. The van der Waals surface area contributed by atoms with E-state index in [1.54, 1.807) is 10.9 Å². The maximum absolute atomic E-state index is 14.2. The molecule has 1 aliphatic carbocycles. The lowest BCUT2D eigenvalue weighted by Gasteiger charge is -2.56. The van der Waals surface area contributed by atoms with E-state index in [4.69, 9.17) is 9.47 Å². The summed E-state index contributed by atoms with van der Waals surface area (Å²) in [5, 5.41) is 11.1. The van der Waals surface area contributed by atoms with Gasteiger partial charge in [0.05, 0.1) is 18.8 Å². The van der Waals surface area contributed by atoms with Crippen LogP contribution in [0.1, 0.15) is 60.6 Å². The van der Waals surface area contributed by atoms with E-state index in [-0.39, 0.29) is 41.0 Å². The molecule has 3 heterocycles. The van der Waals surface area contributed by atoms with Crippen LogP contribution in [0.15, 0.2) is 29.2 Å². The second-order valence-corrected chi connectivity index (χ2v) is 10.8. The van der Waals surface area contributed by atoms with E-state index in [1.807, 2.05) is 30.8 Å². The summed E-state index contributed by atoms with van der Waals surface area (Å²) in [4.78, 5) is 29.2. The van der Waals surface area contributed by atoms with Crippen molar-refractivity contribution >= 4 is 17.2 Å². The van der Waals surface area contributed by atoms with Crippen molar-refractivity contribution in [1.82, 2.24) is 19.8 Å². The highest BCUT2D eigenvalue weighted by Gasteiger charge is 2.51. The summed E-state index contributed by atoms with van der Waals surface area (Å²) in [5.74, 6) is -1.67. The number of carbonyl (C=O) groups is 1. The first-order chi connectivity index (χ1) is 18.7. The predicted molar refractivity (Wildman–Crippen MR) is 143 cm³/mol. The molecule has 0 bridgehead atoms. The van der Waals surface area contributed by atoms with Crippen molar-refractivity contribution in [2.45, 2.75) is 57.7 Å². The van der Waals surface area contributed by atoms with Gasteiger partial charge in [0.25, 0.3) is 5.91 Å². The first-order valence-corrected chi connectivity index (χ1v) is 13.8. The Hall–Kier alpha value is -3.38. The Morgan fingerprint density at radius 3 is 2.54 bits per heavy atom. The number of ether oxygens (including phenoxy) is 2. The monoisotopic (exact) mass is 559 g/mol. The molecule has 0 unspecified atom stereocenters. The summed E-state index contributed by atoms with van der Waals surface area (Å²) < 4.78 is 40.6. The molecule has 1 aromatic carbocycles. The Morgan fingerprint density at radius 1 is 1.15 bits per heavy atom. The Morgan fingerprint density at radius 2 is 1.90 bits per heavy atom. The third-order valence-electron chi connectivity index (χ3n) is 7.73. The van der Waals surface area contributed by atoms with Crippen molar-refractivity contribution < 1.29 is 23.0 Å². The molecule has 0 saturated heterocycles. The summed E-state index contributed by atoms with van der Waals surface area (Å²) in [6.45, 7) is 5.03. The Kier molecular flexibility index (Phi) is 7.43. The summed E-state index contributed by atoms with van der Waals surface area (Å²) in [6.07, 6.45) is 4.90. The van der Waals surface area contributed by atoms with Crippen LogP contribution >= 0.6 is 11.3 Å². The number of amides is 1. The zero-order valence-corrected chi connectivity index (χ0v) is 23.2. The van der Waals surface area contributed by atoms with E-state index >= 15 is 0 Å². The van der Waals surface area contributed by atoms with Crippen LogP contribution in [0, 0.1) is 11.6 Å². The molecule has 1 fully saturated rings. The predicted octanol–water partition coefficient (Wildman–Crippen LogP) is 3.96. The molecule has 208 valence electrons. The number of aromatic nitrogens is 3. The fraction of sp³-hybridized carbons (Fsp3) is 0.481. The quantitative estimate of drug-likeness (QED) is 0.433. The molecule has 1 saturated carbocycles. The molecule has 0 N–H and O–H groups in total. The van der Waals surface area contributed by atoms with Gasteiger partial charge in [-0.25, -0.2) is 8.78 Å². The number of hydrogen-bond acceptors (Lipinski definition) is 8. The Balaban J connectivity index is 1.55. The van der Waals surface area contributed by atoms with Gasteiger partial charge in [0.15, 0.2) is 16.5 Å². The number of halogens is 2. The highest BCUT2D eigenvalue weighted by atomic mass is 32.1. The zero-order chi connectivity index (χ0) is 27.9. The summed E-state index contributed by atoms with van der Waals surface area (Å²) in [6, 6.07) is 3.37. The number of hydrogen-bond donors (Lipinski definition) is 0. The molecule has 2 aliphatic rings. The largest absolute Gasteiger partial charge is 0.491 e. The maximum Gasteiger partial charge on any atom is 0.278 e. The third kappa shape index (κ3) is 4.59. The molecular formula is C27H31F2N5O4S.